The third-order valence-corrected chi connectivity index (χ3v) is 4.66. The maximum atomic E-state index is 12.5. The highest BCUT2D eigenvalue weighted by molar-refractivity contribution is 7.12. The van der Waals surface area contributed by atoms with Crippen molar-refractivity contribution in [1.29, 1.82) is 0 Å². The van der Waals surface area contributed by atoms with E-state index in [0.717, 1.165) is 16.9 Å². The van der Waals surface area contributed by atoms with Gasteiger partial charge in [0.1, 0.15) is 18.5 Å². The number of hydrogen-bond acceptors (Lipinski definition) is 6. The molecule has 0 spiro atoms. The van der Waals surface area contributed by atoms with Crippen molar-refractivity contribution in [2.24, 2.45) is 0 Å². The second kappa shape index (κ2) is 6.70. The maximum absolute atomic E-state index is 12.5. The molecule has 0 saturated carbocycles. The molecule has 3 rings (SSSR count). The Labute approximate surface area is 143 Å². The SMILES string of the molecule is Cc1ccc(C)c(OCC(O)Cn2cnc3snc(C)c3c2=O)c1. The van der Waals surface area contributed by atoms with E-state index in [-0.39, 0.29) is 18.7 Å². The van der Waals surface area contributed by atoms with E-state index in [1.807, 2.05) is 32.0 Å². The lowest BCUT2D eigenvalue weighted by Crippen LogP contribution is -2.30. The van der Waals surface area contributed by atoms with Crippen molar-refractivity contribution in [2.75, 3.05) is 6.61 Å². The van der Waals surface area contributed by atoms with E-state index in [2.05, 4.69) is 9.36 Å². The summed E-state index contributed by atoms with van der Waals surface area (Å²) in [6, 6.07) is 5.92. The van der Waals surface area contributed by atoms with E-state index < -0.39 is 6.10 Å². The van der Waals surface area contributed by atoms with E-state index in [4.69, 9.17) is 4.74 Å². The first kappa shape index (κ1) is 16.6. The topological polar surface area (TPSA) is 77.2 Å². The second-order valence-corrected chi connectivity index (χ2v) is 6.64. The molecule has 126 valence electrons. The number of rotatable bonds is 5. The number of hydrogen-bond donors (Lipinski definition) is 1. The van der Waals surface area contributed by atoms with Crippen molar-refractivity contribution in [2.45, 2.75) is 33.4 Å². The molecular weight excluding hydrogens is 326 g/mol. The second-order valence-electron chi connectivity index (χ2n) is 5.88. The number of aromatic nitrogens is 3. The zero-order chi connectivity index (χ0) is 17.3. The molecule has 0 bridgehead atoms. The average Bonchev–Trinajstić information content (AvgIpc) is 2.93. The Morgan fingerprint density at radius 3 is 2.92 bits per heavy atom. The molecule has 0 aliphatic rings. The van der Waals surface area contributed by atoms with Crippen LogP contribution in [0, 0.1) is 20.8 Å². The lowest BCUT2D eigenvalue weighted by molar-refractivity contribution is 0.0911. The molecule has 2 aromatic heterocycles. The van der Waals surface area contributed by atoms with Gasteiger partial charge in [0, 0.05) is 0 Å². The molecular formula is C17H19N3O3S. The fourth-order valence-corrected chi connectivity index (χ4v) is 3.20. The van der Waals surface area contributed by atoms with Crippen molar-refractivity contribution in [3.8, 4) is 5.75 Å². The van der Waals surface area contributed by atoms with Gasteiger partial charge in [-0.2, -0.15) is 4.37 Å². The molecule has 3 aromatic rings. The van der Waals surface area contributed by atoms with Crippen LogP contribution >= 0.6 is 11.5 Å². The first-order valence-electron chi connectivity index (χ1n) is 7.65. The Morgan fingerprint density at radius 1 is 1.33 bits per heavy atom. The van der Waals surface area contributed by atoms with Crippen LogP contribution in [0.15, 0.2) is 29.3 Å². The highest BCUT2D eigenvalue weighted by Gasteiger charge is 2.14. The molecule has 1 atom stereocenters. The number of nitrogens with zero attached hydrogens (tertiary/aromatic N) is 3. The van der Waals surface area contributed by atoms with Crippen LogP contribution < -0.4 is 10.3 Å². The Kier molecular flexibility index (Phi) is 4.64. The van der Waals surface area contributed by atoms with E-state index in [0.29, 0.717) is 15.9 Å². The predicted molar refractivity (Wildman–Crippen MR) is 93.8 cm³/mol. The minimum atomic E-state index is -0.811. The minimum absolute atomic E-state index is 0.107. The van der Waals surface area contributed by atoms with Gasteiger partial charge in [0.25, 0.3) is 5.56 Å². The van der Waals surface area contributed by atoms with Crippen LogP contribution in [-0.2, 0) is 6.54 Å². The highest BCUT2D eigenvalue weighted by Crippen LogP contribution is 2.19. The van der Waals surface area contributed by atoms with Gasteiger partial charge in [-0.3, -0.25) is 9.36 Å². The summed E-state index contributed by atoms with van der Waals surface area (Å²) in [4.78, 5) is 17.3. The molecule has 7 heteroatoms. The Morgan fingerprint density at radius 2 is 2.12 bits per heavy atom. The molecule has 0 aliphatic heterocycles. The van der Waals surface area contributed by atoms with Gasteiger partial charge in [0.05, 0.1) is 24.0 Å². The van der Waals surface area contributed by atoms with Crippen LogP contribution in [0.3, 0.4) is 0 Å². The van der Waals surface area contributed by atoms with E-state index >= 15 is 0 Å². The molecule has 2 heterocycles. The molecule has 6 nitrogen and oxygen atoms in total. The van der Waals surface area contributed by atoms with Crippen molar-refractivity contribution in [3.63, 3.8) is 0 Å². The number of fused-ring (bicyclic) bond motifs is 1. The van der Waals surface area contributed by atoms with Crippen molar-refractivity contribution in [3.05, 3.63) is 51.7 Å². The largest absolute Gasteiger partial charge is 0.491 e. The third-order valence-electron chi connectivity index (χ3n) is 3.82. The summed E-state index contributed by atoms with van der Waals surface area (Å²) in [6.45, 7) is 5.96. The van der Waals surface area contributed by atoms with Gasteiger partial charge in [0.15, 0.2) is 4.83 Å². The number of aryl methyl sites for hydroxylation is 3. The zero-order valence-electron chi connectivity index (χ0n) is 13.8. The van der Waals surface area contributed by atoms with E-state index in [1.54, 1.807) is 6.92 Å². The van der Waals surface area contributed by atoms with Crippen molar-refractivity contribution < 1.29 is 9.84 Å². The molecule has 24 heavy (non-hydrogen) atoms. The molecule has 0 fully saturated rings. The molecule has 1 N–H and O–H groups in total. The summed E-state index contributed by atoms with van der Waals surface area (Å²) in [5.41, 5.74) is 2.59. The van der Waals surface area contributed by atoms with Gasteiger partial charge in [-0.1, -0.05) is 12.1 Å². The smallest absolute Gasteiger partial charge is 0.264 e. The van der Waals surface area contributed by atoms with Crippen molar-refractivity contribution >= 4 is 21.7 Å². The van der Waals surface area contributed by atoms with E-state index in [9.17, 15) is 9.90 Å². The first-order chi connectivity index (χ1) is 11.5. The lowest BCUT2D eigenvalue weighted by Gasteiger charge is -2.15. The van der Waals surface area contributed by atoms with Crippen molar-refractivity contribution in [1.82, 2.24) is 13.9 Å². The molecule has 1 aromatic carbocycles. The summed E-state index contributed by atoms with van der Waals surface area (Å²) >= 11 is 1.20. The number of aliphatic hydroxyl groups excluding tert-OH is 1. The lowest BCUT2D eigenvalue weighted by atomic mass is 10.1. The van der Waals surface area contributed by atoms with Crippen LogP contribution in [0.5, 0.6) is 5.75 Å². The fraction of sp³-hybridized carbons (Fsp3) is 0.353. The van der Waals surface area contributed by atoms with Gasteiger partial charge in [0.2, 0.25) is 0 Å². The van der Waals surface area contributed by atoms with Crippen LogP contribution in [-0.4, -0.2) is 31.7 Å². The normalized spacial score (nSPS) is 12.5. The van der Waals surface area contributed by atoms with Gasteiger partial charge in [-0.15, -0.1) is 0 Å². The predicted octanol–water partition coefficient (Wildman–Crippen LogP) is 2.22. The average molecular weight is 345 g/mol. The molecule has 0 aliphatic carbocycles. The number of ether oxygens (including phenoxy) is 1. The minimum Gasteiger partial charge on any atom is -0.491 e. The summed E-state index contributed by atoms with van der Waals surface area (Å²) < 4.78 is 11.2. The summed E-state index contributed by atoms with van der Waals surface area (Å²) in [6.07, 6.45) is 0.637. The number of aliphatic hydroxyl groups is 1. The van der Waals surface area contributed by atoms with Crippen LogP contribution in [0.2, 0.25) is 0 Å². The van der Waals surface area contributed by atoms with Crippen LogP contribution in [0.4, 0.5) is 0 Å². The Hall–Kier alpha value is -2.25. The zero-order valence-corrected chi connectivity index (χ0v) is 14.6. The molecule has 0 radical (unpaired) electrons. The molecule has 0 saturated heterocycles. The monoisotopic (exact) mass is 345 g/mol. The number of benzene rings is 1. The summed E-state index contributed by atoms with van der Waals surface area (Å²) in [5.74, 6) is 0.743. The van der Waals surface area contributed by atoms with Gasteiger partial charge in [-0.05, 0) is 49.5 Å². The van der Waals surface area contributed by atoms with Gasteiger partial charge < -0.3 is 9.84 Å². The van der Waals surface area contributed by atoms with Crippen LogP contribution in [0.1, 0.15) is 16.8 Å². The third kappa shape index (κ3) is 3.32. The van der Waals surface area contributed by atoms with Crippen LogP contribution in [0.25, 0.3) is 10.2 Å². The highest BCUT2D eigenvalue weighted by atomic mass is 32.1. The summed E-state index contributed by atoms with van der Waals surface area (Å²) in [7, 11) is 0. The standard InChI is InChI=1S/C17H19N3O3S/c1-10-4-5-11(2)14(6-10)23-8-13(21)7-20-9-18-16-15(17(20)22)12(3)19-24-16/h4-6,9,13,21H,7-8H2,1-3H3. The Balaban J connectivity index is 1.72. The molecule has 1 unspecified atom stereocenters. The quantitative estimate of drug-likeness (QED) is 0.767. The Bertz CT molecular complexity index is 932. The molecule has 0 amide bonds. The first-order valence-corrected chi connectivity index (χ1v) is 8.42. The summed E-state index contributed by atoms with van der Waals surface area (Å²) in [5, 5.41) is 10.7. The fourth-order valence-electron chi connectivity index (χ4n) is 2.47. The maximum Gasteiger partial charge on any atom is 0.264 e. The van der Waals surface area contributed by atoms with Gasteiger partial charge in [-0.25, -0.2) is 4.98 Å². The van der Waals surface area contributed by atoms with E-state index in [1.165, 1.54) is 22.4 Å². The van der Waals surface area contributed by atoms with Gasteiger partial charge >= 0.3 is 0 Å².